The average Bonchev–Trinajstić information content (AvgIpc) is 2.94. The molecule has 0 spiro atoms. The zero-order valence-corrected chi connectivity index (χ0v) is 22.3. The quantitative estimate of drug-likeness (QED) is 0.526. The lowest BCUT2D eigenvalue weighted by atomic mass is 9.58. The molecule has 9 nitrogen and oxygen atoms in total. The summed E-state index contributed by atoms with van der Waals surface area (Å²) in [4.78, 5) is 4.60. The normalized spacial score (nSPS) is 23.4. The number of hydrogen-bond acceptors (Lipinski definition) is 9. The molecule has 38 heavy (non-hydrogen) atoms. The number of nitriles is 3. The van der Waals surface area contributed by atoms with E-state index in [1.807, 2.05) is 31.2 Å². The molecular formula is C29H36N6O3. The van der Waals surface area contributed by atoms with Crippen LogP contribution in [0.3, 0.4) is 0 Å². The van der Waals surface area contributed by atoms with Gasteiger partial charge in [0.1, 0.15) is 12.7 Å². The number of allylic oxidation sites excluding steroid dienone is 2. The van der Waals surface area contributed by atoms with Gasteiger partial charge in [0, 0.05) is 44.6 Å². The van der Waals surface area contributed by atoms with Gasteiger partial charge >= 0.3 is 0 Å². The van der Waals surface area contributed by atoms with E-state index >= 15 is 0 Å². The predicted octanol–water partition coefficient (Wildman–Crippen LogP) is 2.93. The maximum Gasteiger partial charge on any atom is 0.191 e. The fourth-order valence-corrected chi connectivity index (χ4v) is 5.83. The first-order valence-corrected chi connectivity index (χ1v) is 13.4. The van der Waals surface area contributed by atoms with Crippen molar-refractivity contribution in [3.63, 3.8) is 0 Å². The molecule has 0 saturated carbocycles. The molecule has 1 fully saturated rings. The van der Waals surface area contributed by atoms with Crippen molar-refractivity contribution in [2.75, 3.05) is 65.7 Å². The molecule has 9 heteroatoms. The number of benzene rings is 1. The predicted molar refractivity (Wildman–Crippen MR) is 142 cm³/mol. The summed E-state index contributed by atoms with van der Waals surface area (Å²) in [6.07, 6.45) is 3.02. The van der Waals surface area contributed by atoms with Crippen molar-refractivity contribution in [2.24, 2.45) is 17.1 Å². The Bertz CT molecular complexity index is 1180. The second-order valence-corrected chi connectivity index (χ2v) is 9.88. The Labute approximate surface area is 225 Å². The van der Waals surface area contributed by atoms with Crippen LogP contribution in [0, 0.1) is 45.3 Å². The van der Waals surface area contributed by atoms with Crippen molar-refractivity contribution in [2.45, 2.75) is 26.2 Å². The SMILES string of the molecule is CCCN1CC=C2C(C#N)=C(N)C(C#N)(C#N)[C@H](c3ccc(OCCN4CCOCC4)c(OCC)c3)[C@H]2C1. The van der Waals surface area contributed by atoms with E-state index in [4.69, 9.17) is 19.9 Å². The van der Waals surface area contributed by atoms with Crippen LogP contribution in [-0.2, 0) is 4.74 Å². The molecule has 200 valence electrons. The lowest BCUT2D eigenvalue weighted by molar-refractivity contribution is 0.0321. The van der Waals surface area contributed by atoms with E-state index in [-0.39, 0.29) is 17.2 Å². The van der Waals surface area contributed by atoms with Crippen LogP contribution in [0.15, 0.2) is 41.1 Å². The van der Waals surface area contributed by atoms with E-state index in [9.17, 15) is 15.8 Å². The Hall–Kier alpha value is -3.55. The van der Waals surface area contributed by atoms with Crippen molar-refractivity contribution in [1.82, 2.24) is 9.80 Å². The third-order valence-corrected chi connectivity index (χ3v) is 7.68. The van der Waals surface area contributed by atoms with Crippen molar-refractivity contribution in [3.8, 4) is 29.7 Å². The summed E-state index contributed by atoms with van der Waals surface area (Å²) in [6.45, 7) is 11.2. The maximum absolute atomic E-state index is 10.4. The summed E-state index contributed by atoms with van der Waals surface area (Å²) in [7, 11) is 0. The van der Waals surface area contributed by atoms with Crippen LogP contribution in [0.5, 0.6) is 11.5 Å². The lowest BCUT2D eigenvalue weighted by Gasteiger charge is -2.45. The van der Waals surface area contributed by atoms with Gasteiger partial charge in [-0.15, -0.1) is 0 Å². The standard InChI is InChI=1S/C29H36N6O3/c1-3-8-35-9-7-22-23(17-30)28(33)29(19-31,20-32)27(24(22)18-35)21-5-6-25(26(16-21)37-4-2)38-15-12-34-10-13-36-14-11-34/h5-7,16,24,27H,3-4,8-15,18,33H2,1-2H3/t24-,27+/m0/s1. The summed E-state index contributed by atoms with van der Waals surface area (Å²) in [5.74, 6) is 0.380. The number of ether oxygens (including phenoxy) is 3. The highest BCUT2D eigenvalue weighted by Crippen LogP contribution is 2.54. The van der Waals surface area contributed by atoms with Crippen LogP contribution >= 0.6 is 0 Å². The fourth-order valence-electron chi connectivity index (χ4n) is 5.83. The van der Waals surface area contributed by atoms with Gasteiger partial charge in [0.15, 0.2) is 16.9 Å². The Morgan fingerprint density at radius 1 is 1.05 bits per heavy atom. The topological polar surface area (TPSA) is 132 Å². The highest BCUT2D eigenvalue weighted by molar-refractivity contribution is 5.60. The average molecular weight is 517 g/mol. The van der Waals surface area contributed by atoms with Gasteiger partial charge < -0.3 is 19.9 Å². The summed E-state index contributed by atoms with van der Waals surface area (Å²) < 4.78 is 17.5. The molecule has 0 unspecified atom stereocenters. The van der Waals surface area contributed by atoms with Crippen LogP contribution in [0.2, 0.25) is 0 Å². The number of morpholine rings is 1. The highest BCUT2D eigenvalue weighted by atomic mass is 16.5. The molecule has 2 aliphatic heterocycles. The molecule has 2 atom stereocenters. The molecule has 0 bridgehead atoms. The van der Waals surface area contributed by atoms with Crippen molar-refractivity contribution in [1.29, 1.82) is 15.8 Å². The van der Waals surface area contributed by atoms with E-state index in [0.29, 0.717) is 37.8 Å². The Morgan fingerprint density at radius 2 is 1.82 bits per heavy atom. The number of nitrogens with two attached hydrogens (primary N) is 1. The van der Waals surface area contributed by atoms with Crippen LogP contribution in [0.25, 0.3) is 0 Å². The van der Waals surface area contributed by atoms with Crippen LogP contribution < -0.4 is 15.2 Å². The molecule has 1 saturated heterocycles. The molecule has 2 N–H and O–H groups in total. The fraction of sp³-hybridized carbons (Fsp3) is 0.552. The zero-order valence-electron chi connectivity index (χ0n) is 22.3. The number of hydrogen-bond donors (Lipinski definition) is 1. The van der Waals surface area contributed by atoms with Gasteiger partial charge in [0.25, 0.3) is 0 Å². The Morgan fingerprint density at radius 3 is 2.47 bits per heavy atom. The van der Waals surface area contributed by atoms with Gasteiger partial charge in [-0.3, -0.25) is 9.80 Å². The van der Waals surface area contributed by atoms with Gasteiger partial charge in [-0.2, -0.15) is 15.8 Å². The van der Waals surface area contributed by atoms with E-state index in [0.717, 1.165) is 57.0 Å². The second-order valence-electron chi connectivity index (χ2n) is 9.88. The third-order valence-electron chi connectivity index (χ3n) is 7.68. The second kappa shape index (κ2) is 12.3. The molecule has 1 aromatic carbocycles. The van der Waals surface area contributed by atoms with Crippen LogP contribution in [0.1, 0.15) is 31.7 Å². The van der Waals surface area contributed by atoms with E-state index < -0.39 is 11.3 Å². The molecule has 0 aromatic heterocycles. The largest absolute Gasteiger partial charge is 0.490 e. The minimum atomic E-state index is -1.68. The van der Waals surface area contributed by atoms with E-state index in [1.165, 1.54) is 0 Å². The van der Waals surface area contributed by atoms with Crippen molar-refractivity contribution < 1.29 is 14.2 Å². The number of rotatable bonds is 9. The summed E-state index contributed by atoms with van der Waals surface area (Å²) in [6, 6.07) is 12.3. The lowest BCUT2D eigenvalue weighted by Crippen LogP contribution is -2.48. The van der Waals surface area contributed by atoms with E-state index in [1.54, 1.807) is 0 Å². The zero-order chi connectivity index (χ0) is 27.1. The first-order chi connectivity index (χ1) is 18.5. The Balaban J connectivity index is 1.71. The van der Waals surface area contributed by atoms with Gasteiger partial charge in [-0.1, -0.05) is 19.1 Å². The molecule has 1 aromatic rings. The number of fused-ring (bicyclic) bond motifs is 1. The molecule has 1 aliphatic carbocycles. The van der Waals surface area contributed by atoms with Gasteiger partial charge in [-0.05, 0) is 43.2 Å². The van der Waals surface area contributed by atoms with E-state index in [2.05, 4.69) is 34.9 Å². The smallest absolute Gasteiger partial charge is 0.191 e. The first kappa shape index (κ1) is 27.5. The summed E-state index contributed by atoms with van der Waals surface area (Å²) in [5.41, 5.74) is 6.68. The molecule has 0 amide bonds. The number of nitrogens with zero attached hydrogens (tertiary/aromatic N) is 5. The van der Waals surface area contributed by atoms with Gasteiger partial charge in [-0.25, -0.2) is 0 Å². The molecular weight excluding hydrogens is 480 g/mol. The van der Waals surface area contributed by atoms with Crippen molar-refractivity contribution in [3.05, 3.63) is 46.7 Å². The molecule has 3 aliphatic rings. The monoisotopic (exact) mass is 516 g/mol. The summed E-state index contributed by atoms with van der Waals surface area (Å²) >= 11 is 0. The molecule has 0 radical (unpaired) electrons. The van der Waals surface area contributed by atoms with Crippen LogP contribution in [-0.4, -0.2) is 75.5 Å². The molecule has 2 heterocycles. The van der Waals surface area contributed by atoms with Crippen LogP contribution in [0.4, 0.5) is 0 Å². The summed E-state index contributed by atoms with van der Waals surface area (Å²) in [5, 5.41) is 30.7. The minimum Gasteiger partial charge on any atom is -0.490 e. The third kappa shape index (κ3) is 5.22. The highest BCUT2D eigenvalue weighted by Gasteiger charge is 2.54. The van der Waals surface area contributed by atoms with Crippen molar-refractivity contribution >= 4 is 0 Å². The minimum absolute atomic E-state index is 0.0326. The maximum atomic E-state index is 10.4. The molecule has 4 rings (SSSR count). The van der Waals surface area contributed by atoms with Gasteiger partial charge in [0.2, 0.25) is 0 Å². The Kier molecular flexibility index (Phi) is 8.92. The first-order valence-electron chi connectivity index (χ1n) is 13.4. The van der Waals surface area contributed by atoms with Gasteiger partial charge in [0.05, 0.1) is 43.2 Å².